The molecule has 1 aliphatic heterocycles. The van der Waals surface area contributed by atoms with E-state index in [9.17, 15) is 9.59 Å². The van der Waals surface area contributed by atoms with E-state index in [1.807, 2.05) is 24.3 Å². The number of hydrogen-bond donors (Lipinski definition) is 2. The molecule has 108 valence electrons. The molecule has 6 heteroatoms. The number of piperidine rings is 1. The fraction of sp³-hybridized carbons (Fsp3) is 0.429. The Kier molecular flexibility index (Phi) is 5.22. The lowest BCUT2D eigenvalue weighted by atomic mass is 9.97. The fourth-order valence-electron chi connectivity index (χ4n) is 2.26. The number of aliphatic carboxylic acids is 1. The Morgan fingerprint density at radius 1 is 1.30 bits per heavy atom. The summed E-state index contributed by atoms with van der Waals surface area (Å²) in [6.45, 7) is 1.31. The normalized spacial score (nSPS) is 15.9. The third-order valence-electron chi connectivity index (χ3n) is 3.50. The highest BCUT2D eigenvalue weighted by molar-refractivity contribution is 14.1. The van der Waals surface area contributed by atoms with Gasteiger partial charge < -0.3 is 15.3 Å². The molecule has 1 aromatic carbocycles. The van der Waals surface area contributed by atoms with Gasteiger partial charge in [-0.2, -0.15) is 0 Å². The Morgan fingerprint density at radius 3 is 2.55 bits per heavy atom. The second-order valence-electron chi connectivity index (χ2n) is 4.83. The van der Waals surface area contributed by atoms with Crippen molar-refractivity contribution in [2.24, 2.45) is 5.92 Å². The number of anilines is 1. The molecular weight excluding hydrogens is 371 g/mol. The lowest BCUT2D eigenvalue weighted by Gasteiger charge is -2.30. The van der Waals surface area contributed by atoms with Crippen LogP contribution in [0.4, 0.5) is 5.69 Å². The van der Waals surface area contributed by atoms with E-state index in [0.717, 1.165) is 9.26 Å². The first-order valence-corrected chi connectivity index (χ1v) is 7.65. The van der Waals surface area contributed by atoms with Gasteiger partial charge in [0.25, 0.3) is 0 Å². The van der Waals surface area contributed by atoms with Crippen LogP contribution in [-0.4, -0.2) is 41.5 Å². The molecule has 0 aliphatic carbocycles. The van der Waals surface area contributed by atoms with Gasteiger partial charge in [0, 0.05) is 22.3 Å². The van der Waals surface area contributed by atoms with E-state index >= 15 is 0 Å². The molecule has 1 fully saturated rings. The lowest BCUT2D eigenvalue weighted by molar-refractivity contribution is -0.145. The molecule has 1 aromatic rings. The first-order valence-electron chi connectivity index (χ1n) is 6.57. The van der Waals surface area contributed by atoms with Gasteiger partial charge >= 0.3 is 5.97 Å². The molecule has 1 heterocycles. The highest BCUT2D eigenvalue weighted by atomic mass is 127. The summed E-state index contributed by atoms with van der Waals surface area (Å²) >= 11 is 2.22. The molecular formula is C14H17IN2O3. The number of halogens is 1. The summed E-state index contributed by atoms with van der Waals surface area (Å²) < 4.78 is 1.07. The first kappa shape index (κ1) is 15.1. The summed E-state index contributed by atoms with van der Waals surface area (Å²) in [7, 11) is 0. The van der Waals surface area contributed by atoms with E-state index in [-0.39, 0.29) is 18.4 Å². The van der Waals surface area contributed by atoms with E-state index in [0.29, 0.717) is 25.9 Å². The molecule has 1 saturated heterocycles. The van der Waals surface area contributed by atoms with Crippen molar-refractivity contribution in [2.75, 3.05) is 25.0 Å². The predicted octanol–water partition coefficient (Wildman–Crippen LogP) is 2.03. The van der Waals surface area contributed by atoms with Crippen molar-refractivity contribution in [1.29, 1.82) is 0 Å². The number of rotatable bonds is 4. The van der Waals surface area contributed by atoms with Gasteiger partial charge in [-0.15, -0.1) is 0 Å². The van der Waals surface area contributed by atoms with Gasteiger partial charge in [-0.05, 0) is 47.6 Å². The van der Waals surface area contributed by atoms with Crippen molar-refractivity contribution < 1.29 is 14.7 Å². The van der Waals surface area contributed by atoms with Crippen LogP contribution in [0.5, 0.6) is 0 Å². The zero-order valence-corrected chi connectivity index (χ0v) is 13.2. The smallest absolute Gasteiger partial charge is 0.306 e. The SMILES string of the molecule is O=C(O)C1CCN(C(=O)CNc2ccccc2I)CC1. The highest BCUT2D eigenvalue weighted by Gasteiger charge is 2.26. The van der Waals surface area contributed by atoms with Crippen LogP contribution in [0.25, 0.3) is 0 Å². The van der Waals surface area contributed by atoms with Crippen LogP contribution in [-0.2, 0) is 9.59 Å². The van der Waals surface area contributed by atoms with Crippen LogP contribution >= 0.6 is 22.6 Å². The molecule has 0 radical (unpaired) electrons. The summed E-state index contributed by atoms with van der Waals surface area (Å²) in [6.07, 6.45) is 1.09. The maximum Gasteiger partial charge on any atom is 0.306 e. The molecule has 2 N–H and O–H groups in total. The van der Waals surface area contributed by atoms with E-state index in [1.165, 1.54) is 0 Å². The maximum absolute atomic E-state index is 12.1. The summed E-state index contributed by atoms with van der Waals surface area (Å²) in [6, 6.07) is 7.79. The monoisotopic (exact) mass is 388 g/mol. The van der Waals surface area contributed by atoms with E-state index in [2.05, 4.69) is 27.9 Å². The number of hydrogen-bond acceptors (Lipinski definition) is 3. The van der Waals surface area contributed by atoms with Crippen molar-refractivity contribution >= 4 is 40.2 Å². The summed E-state index contributed by atoms with van der Waals surface area (Å²) in [4.78, 5) is 24.7. The lowest BCUT2D eigenvalue weighted by Crippen LogP contribution is -2.42. The number of amides is 1. The van der Waals surface area contributed by atoms with E-state index < -0.39 is 5.97 Å². The van der Waals surface area contributed by atoms with Gasteiger partial charge in [-0.3, -0.25) is 9.59 Å². The van der Waals surface area contributed by atoms with Gasteiger partial charge in [0.15, 0.2) is 0 Å². The largest absolute Gasteiger partial charge is 0.481 e. The van der Waals surface area contributed by atoms with Crippen LogP contribution in [0.2, 0.25) is 0 Å². The number of para-hydroxylation sites is 1. The molecule has 20 heavy (non-hydrogen) atoms. The fourth-order valence-corrected chi connectivity index (χ4v) is 2.84. The van der Waals surface area contributed by atoms with Gasteiger partial charge in [0.05, 0.1) is 12.5 Å². The average Bonchev–Trinajstić information content (AvgIpc) is 2.46. The summed E-state index contributed by atoms with van der Waals surface area (Å²) in [5.74, 6) is -1.04. The number of nitrogens with one attached hydrogen (secondary N) is 1. The number of likely N-dealkylation sites (tertiary alicyclic amines) is 1. The zero-order chi connectivity index (χ0) is 14.5. The van der Waals surface area contributed by atoms with Crippen LogP contribution in [0.1, 0.15) is 12.8 Å². The molecule has 0 atom stereocenters. The van der Waals surface area contributed by atoms with Gasteiger partial charge in [0.1, 0.15) is 0 Å². The molecule has 2 rings (SSSR count). The molecule has 0 spiro atoms. The number of carbonyl (C=O) groups is 2. The molecule has 5 nitrogen and oxygen atoms in total. The Hall–Kier alpha value is -1.31. The number of benzene rings is 1. The number of carbonyl (C=O) groups excluding carboxylic acids is 1. The number of carboxylic acid groups (broad SMARTS) is 1. The van der Waals surface area contributed by atoms with Gasteiger partial charge in [-0.25, -0.2) is 0 Å². The zero-order valence-electron chi connectivity index (χ0n) is 11.0. The molecule has 0 aromatic heterocycles. The van der Waals surface area contributed by atoms with Crippen LogP contribution in [0, 0.1) is 9.49 Å². The van der Waals surface area contributed by atoms with Crippen molar-refractivity contribution in [3.8, 4) is 0 Å². The minimum absolute atomic E-state index is 0.0218. The highest BCUT2D eigenvalue weighted by Crippen LogP contribution is 2.19. The van der Waals surface area contributed by atoms with Crippen molar-refractivity contribution in [2.45, 2.75) is 12.8 Å². The molecule has 1 aliphatic rings. The minimum atomic E-state index is -0.755. The molecule has 0 bridgehead atoms. The molecule has 0 saturated carbocycles. The summed E-state index contributed by atoms with van der Waals surface area (Å²) in [5, 5.41) is 12.1. The van der Waals surface area contributed by atoms with Crippen molar-refractivity contribution in [3.63, 3.8) is 0 Å². The number of carboxylic acids is 1. The van der Waals surface area contributed by atoms with E-state index in [1.54, 1.807) is 4.90 Å². The van der Waals surface area contributed by atoms with Gasteiger partial charge in [0.2, 0.25) is 5.91 Å². The second kappa shape index (κ2) is 6.92. The standard InChI is InChI=1S/C14H17IN2O3/c15-11-3-1-2-4-12(11)16-9-13(18)17-7-5-10(6-8-17)14(19)20/h1-4,10,16H,5-9H2,(H,19,20). The Morgan fingerprint density at radius 2 is 1.95 bits per heavy atom. The number of nitrogens with zero attached hydrogens (tertiary/aromatic N) is 1. The minimum Gasteiger partial charge on any atom is -0.481 e. The van der Waals surface area contributed by atoms with E-state index in [4.69, 9.17) is 5.11 Å². The summed E-state index contributed by atoms with van der Waals surface area (Å²) in [5.41, 5.74) is 0.946. The van der Waals surface area contributed by atoms with Gasteiger partial charge in [-0.1, -0.05) is 12.1 Å². The Labute approximate surface area is 131 Å². The third kappa shape index (κ3) is 3.84. The second-order valence-corrected chi connectivity index (χ2v) is 5.99. The van der Waals surface area contributed by atoms with Crippen molar-refractivity contribution in [1.82, 2.24) is 4.90 Å². The first-order chi connectivity index (χ1) is 9.58. The Bertz CT molecular complexity index is 499. The Balaban J connectivity index is 1.82. The quantitative estimate of drug-likeness (QED) is 0.775. The van der Waals surface area contributed by atoms with Crippen LogP contribution in [0.3, 0.4) is 0 Å². The maximum atomic E-state index is 12.1. The molecule has 1 amide bonds. The average molecular weight is 388 g/mol. The predicted molar refractivity (Wildman–Crippen MR) is 84.6 cm³/mol. The third-order valence-corrected chi connectivity index (χ3v) is 4.44. The van der Waals surface area contributed by atoms with Crippen LogP contribution < -0.4 is 5.32 Å². The topological polar surface area (TPSA) is 69.6 Å². The van der Waals surface area contributed by atoms with Crippen LogP contribution in [0.15, 0.2) is 24.3 Å². The molecule has 0 unspecified atom stereocenters. The van der Waals surface area contributed by atoms with Crippen molar-refractivity contribution in [3.05, 3.63) is 27.8 Å².